The molecular weight excluding hydrogens is 422 g/mol. The van der Waals surface area contributed by atoms with Crippen molar-refractivity contribution in [2.45, 2.75) is 60.5 Å². The number of rotatable bonds is 3. The number of anilines is 1. The second-order valence-corrected chi connectivity index (χ2v) is 11.6. The fourth-order valence-electron chi connectivity index (χ4n) is 4.24. The van der Waals surface area contributed by atoms with Crippen molar-refractivity contribution in [3.8, 4) is 0 Å². The number of piperidine rings is 1. The van der Waals surface area contributed by atoms with Crippen LogP contribution in [-0.4, -0.2) is 60.9 Å². The van der Waals surface area contributed by atoms with Crippen LogP contribution in [0, 0.1) is 5.92 Å². The predicted molar refractivity (Wildman–Crippen MR) is 117 cm³/mol. The maximum absolute atomic E-state index is 13.0. The summed E-state index contributed by atoms with van der Waals surface area (Å²) in [5.74, 6) is 0.0154. The molecule has 0 aliphatic carbocycles. The van der Waals surface area contributed by atoms with Gasteiger partial charge in [0.25, 0.3) is 0 Å². The standard InChI is InChI=1S/C21H29N3O4S2/c1-15-8-12-24(13-9-15)30(27,28)16-6-7-18-17(14-16)22-20(25)19(29-18)21(26)23-10-4-2-3-5-11-23/h6-7,14-15,19H,2-5,8-13H2,1H3,(H,22,25)/t19-/m0/s1. The van der Waals surface area contributed by atoms with Crippen LogP contribution in [-0.2, 0) is 19.6 Å². The molecule has 1 N–H and O–H groups in total. The van der Waals surface area contributed by atoms with Gasteiger partial charge < -0.3 is 10.2 Å². The summed E-state index contributed by atoms with van der Waals surface area (Å²) >= 11 is 1.22. The summed E-state index contributed by atoms with van der Waals surface area (Å²) in [5, 5.41) is 1.96. The number of hydrogen-bond acceptors (Lipinski definition) is 5. The number of fused-ring (bicyclic) bond motifs is 1. The van der Waals surface area contributed by atoms with E-state index in [-0.39, 0.29) is 16.7 Å². The SMILES string of the molecule is CC1CCN(S(=O)(=O)c2ccc3c(c2)NC(=O)[C@@H](C(=O)N2CCCCCC2)S3)CC1. The van der Waals surface area contributed by atoms with Crippen molar-refractivity contribution < 1.29 is 18.0 Å². The van der Waals surface area contributed by atoms with Gasteiger partial charge >= 0.3 is 0 Å². The molecule has 0 aromatic heterocycles. The highest BCUT2D eigenvalue weighted by Gasteiger charge is 2.37. The third-order valence-corrected chi connectivity index (χ3v) is 9.37. The molecule has 164 valence electrons. The van der Waals surface area contributed by atoms with Crippen molar-refractivity contribution in [2.75, 3.05) is 31.5 Å². The molecule has 2 fully saturated rings. The van der Waals surface area contributed by atoms with Crippen molar-refractivity contribution in [1.29, 1.82) is 0 Å². The lowest BCUT2D eigenvalue weighted by molar-refractivity contribution is -0.133. The monoisotopic (exact) mass is 451 g/mol. The largest absolute Gasteiger partial charge is 0.341 e. The topological polar surface area (TPSA) is 86.8 Å². The van der Waals surface area contributed by atoms with E-state index in [4.69, 9.17) is 0 Å². The number of likely N-dealkylation sites (tertiary alicyclic amines) is 1. The lowest BCUT2D eigenvalue weighted by Crippen LogP contribution is -2.45. The first-order valence-electron chi connectivity index (χ1n) is 10.8. The minimum Gasteiger partial charge on any atom is -0.341 e. The minimum absolute atomic E-state index is 0.149. The van der Waals surface area contributed by atoms with Crippen molar-refractivity contribution >= 4 is 39.3 Å². The van der Waals surface area contributed by atoms with Gasteiger partial charge in [0, 0.05) is 31.1 Å². The maximum atomic E-state index is 13.0. The van der Waals surface area contributed by atoms with Gasteiger partial charge in [0.05, 0.1) is 10.6 Å². The quantitative estimate of drug-likeness (QED) is 0.714. The molecule has 0 bridgehead atoms. The summed E-state index contributed by atoms with van der Waals surface area (Å²) < 4.78 is 27.6. The van der Waals surface area contributed by atoms with Crippen LogP contribution in [0.15, 0.2) is 28.0 Å². The highest BCUT2D eigenvalue weighted by molar-refractivity contribution is 8.01. The summed E-state index contributed by atoms with van der Waals surface area (Å²) in [7, 11) is -3.59. The van der Waals surface area contributed by atoms with Crippen molar-refractivity contribution in [1.82, 2.24) is 9.21 Å². The number of nitrogens with one attached hydrogen (secondary N) is 1. The molecule has 0 unspecified atom stereocenters. The normalized spacial score (nSPS) is 24.1. The lowest BCUT2D eigenvalue weighted by Gasteiger charge is -2.31. The highest BCUT2D eigenvalue weighted by atomic mass is 32.2. The number of amides is 2. The van der Waals surface area contributed by atoms with Crippen LogP contribution >= 0.6 is 11.8 Å². The van der Waals surface area contributed by atoms with Crippen LogP contribution in [0.5, 0.6) is 0 Å². The third-order valence-electron chi connectivity index (χ3n) is 6.21. The second kappa shape index (κ2) is 8.88. The summed E-state index contributed by atoms with van der Waals surface area (Å²) in [6.45, 7) is 4.57. The Kier molecular flexibility index (Phi) is 6.41. The number of hydrogen-bond donors (Lipinski definition) is 1. The van der Waals surface area contributed by atoms with Crippen molar-refractivity contribution in [3.05, 3.63) is 18.2 Å². The average Bonchev–Trinajstić information content (AvgIpc) is 3.02. The molecule has 3 aliphatic rings. The predicted octanol–water partition coefficient (Wildman–Crippen LogP) is 2.92. The minimum atomic E-state index is -3.59. The molecule has 9 heteroatoms. The van der Waals surface area contributed by atoms with Crippen LogP contribution in [0.2, 0.25) is 0 Å². The first-order chi connectivity index (χ1) is 14.4. The van der Waals surface area contributed by atoms with Crippen LogP contribution < -0.4 is 5.32 Å². The van der Waals surface area contributed by atoms with Crippen LogP contribution in [0.3, 0.4) is 0 Å². The van der Waals surface area contributed by atoms with E-state index in [1.807, 2.05) is 0 Å². The Bertz CT molecular complexity index is 918. The van der Waals surface area contributed by atoms with Gasteiger partial charge in [-0.15, -0.1) is 11.8 Å². The van der Waals surface area contributed by atoms with Crippen LogP contribution in [0.4, 0.5) is 5.69 Å². The molecule has 2 amide bonds. The zero-order chi connectivity index (χ0) is 21.3. The van der Waals surface area contributed by atoms with E-state index >= 15 is 0 Å². The zero-order valence-electron chi connectivity index (χ0n) is 17.3. The average molecular weight is 452 g/mol. The molecule has 0 saturated carbocycles. The van der Waals surface area contributed by atoms with Gasteiger partial charge in [-0.3, -0.25) is 9.59 Å². The van der Waals surface area contributed by atoms with Gasteiger partial charge in [0.15, 0.2) is 5.25 Å². The van der Waals surface area contributed by atoms with Gasteiger partial charge in [-0.05, 0) is 49.8 Å². The van der Waals surface area contributed by atoms with E-state index in [0.29, 0.717) is 37.8 Å². The Morgan fingerprint density at radius 1 is 1.07 bits per heavy atom. The molecule has 7 nitrogen and oxygen atoms in total. The lowest BCUT2D eigenvalue weighted by atomic mass is 10.0. The van der Waals surface area contributed by atoms with Crippen LogP contribution in [0.1, 0.15) is 45.4 Å². The number of carbonyl (C=O) groups excluding carboxylic acids is 2. The van der Waals surface area contributed by atoms with Gasteiger partial charge in [0.2, 0.25) is 21.8 Å². The summed E-state index contributed by atoms with van der Waals surface area (Å²) in [5.41, 5.74) is 0.469. The van der Waals surface area contributed by atoms with Gasteiger partial charge in [-0.2, -0.15) is 4.31 Å². The van der Waals surface area contributed by atoms with Crippen molar-refractivity contribution in [2.24, 2.45) is 5.92 Å². The molecule has 3 heterocycles. The number of nitrogens with zero attached hydrogens (tertiary/aromatic N) is 2. The number of carbonyl (C=O) groups is 2. The molecule has 30 heavy (non-hydrogen) atoms. The van der Waals surface area contributed by atoms with Gasteiger partial charge in [-0.25, -0.2) is 8.42 Å². The van der Waals surface area contributed by atoms with E-state index in [1.54, 1.807) is 17.0 Å². The molecular formula is C21H29N3O4S2. The number of thioether (sulfide) groups is 1. The summed E-state index contributed by atoms with van der Waals surface area (Å²) in [4.78, 5) is 28.3. The van der Waals surface area contributed by atoms with E-state index in [2.05, 4.69) is 12.2 Å². The van der Waals surface area contributed by atoms with Gasteiger partial charge in [-0.1, -0.05) is 19.8 Å². The van der Waals surface area contributed by atoms with E-state index in [0.717, 1.165) is 43.4 Å². The number of sulfonamides is 1. The number of benzene rings is 1. The second-order valence-electron chi connectivity index (χ2n) is 8.47. The third kappa shape index (κ3) is 4.38. The first-order valence-corrected chi connectivity index (χ1v) is 13.1. The zero-order valence-corrected chi connectivity index (χ0v) is 18.9. The van der Waals surface area contributed by atoms with E-state index in [9.17, 15) is 18.0 Å². The Morgan fingerprint density at radius 3 is 2.40 bits per heavy atom. The van der Waals surface area contributed by atoms with Crippen LogP contribution in [0.25, 0.3) is 0 Å². The first kappa shape index (κ1) is 21.6. The Balaban J connectivity index is 1.51. The van der Waals surface area contributed by atoms with E-state index in [1.165, 1.54) is 22.1 Å². The molecule has 1 atom stereocenters. The van der Waals surface area contributed by atoms with E-state index < -0.39 is 15.3 Å². The summed E-state index contributed by atoms with van der Waals surface area (Å²) in [6, 6.07) is 4.83. The molecule has 2 saturated heterocycles. The molecule has 0 radical (unpaired) electrons. The Hall–Kier alpha value is -1.58. The highest BCUT2D eigenvalue weighted by Crippen LogP contribution is 2.38. The van der Waals surface area contributed by atoms with Gasteiger partial charge in [0.1, 0.15) is 0 Å². The fourth-order valence-corrected chi connectivity index (χ4v) is 6.79. The molecule has 1 aromatic carbocycles. The Morgan fingerprint density at radius 2 is 1.73 bits per heavy atom. The molecule has 3 aliphatic heterocycles. The molecule has 4 rings (SSSR count). The maximum Gasteiger partial charge on any atom is 0.247 e. The Labute approximate surface area is 182 Å². The summed E-state index contributed by atoms with van der Waals surface area (Å²) in [6.07, 6.45) is 5.89. The fraction of sp³-hybridized carbons (Fsp3) is 0.619. The van der Waals surface area contributed by atoms with Crippen molar-refractivity contribution in [3.63, 3.8) is 0 Å². The molecule has 0 spiro atoms. The molecule has 1 aromatic rings. The smallest absolute Gasteiger partial charge is 0.247 e.